The van der Waals surface area contributed by atoms with Gasteiger partial charge in [-0.3, -0.25) is 9.59 Å². The Morgan fingerprint density at radius 3 is 2.36 bits per heavy atom. The average Bonchev–Trinajstić information content (AvgIpc) is 3.01. The molecule has 7 heteroatoms. The van der Waals surface area contributed by atoms with Crippen LogP contribution < -0.4 is 0 Å². The van der Waals surface area contributed by atoms with Crippen molar-refractivity contribution in [2.75, 3.05) is 0 Å². The molecule has 200 valence electrons. The molecular formula is C29H42O7. The normalized spacial score (nSPS) is 41.4. The van der Waals surface area contributed by atoms with E-state index in [2.05, 4.69) is 27.7 Å². The number of carbonyl (C=O) groups excluding carboxylic acids is 3. The van der Waals surface area contributed by atoms with Crippen molar-refractivity contribution >= 4 is 17.9 Å². The number of carbonyl (C=O) groups is 3. The van der Waals surface area contributed by atoms with Crippen LogP contribution in [0.5, 0.6) is 0 Å². The maximum atomic E-state index is 12.2. The highest BCUT2D eigenvalue weighted by Crippen LogP contribution is 2.66. The smallest absolute Gasteiger partial charge is 0.336 e. The van der Waals surface area contributed by atoms with Gasteiger partial charge in [0.1, 0.15) is 17.5 Å². The molecule has 4 aliphatic rings. The first-order valence-corrected chi connectivity index (χ1v) is 13.3. The van der Waals surface area contributed by atoms with E-state index in [1.807, 2.05) is 6.92 Å². The van der Waals surface area contributed by atoms with Gasteiger partial charge in [-0.25, -0.2) is 4.79 Å². The summed E-state index contributed by atoms with van der Waals surface area (Å²) in [6, 6.07) is 0. The minimum Gasteiger partial charge on any atom is -0.462 e. The fourth-order valence-electron chi connectivity index (χ4n) is 8.37. The summed E-state index contributed by atoms with van der Waals surface area (Å²) < 4.78 is 24.2. The third-order valence-electron chi connectivity index (χ3n) is 9.44. The molecule has 2 aliphatic carbocycles. The highest BCUT2D eigenvalue weighted by Gasteiger charge is 2.66. The fraction of sp³-hybridized carbons (Fsp3) is 0.759. The van der Waals surface area contributed by atoms with Crippen LogP contribution in [-0.2, 0) is 33.3 Å². The minimum absolute atomic E-state index is 0.0497. The molecule has 0 amide bonds. The van der Waals surface area contributed by atoms with Crippen molar-refractivity contribution in [1.29, 1.82) is 0 Å². The largest absolute Gasteiger partial charge is 0.462 e. The van der Waals surface area contributed by atoms with E-state index in [0.29, 0.717) is 24.2 Å². The van der Waals surface area contributed by atoms with Gasteiger partial charge >= 0.3 is 17.9 Å². The number of fused-ring (bicyclic) bond motifs is 3. The Labute approximate surface area is 214 Å². The highest BCUT2D eigenvalue weighted by molar-refractivity contribution is 5.88. The Bertz CT molecular complexity index is 1010. The average molecular weight is 503 g/mol. The van der Waals surface area contributed by atoms with E-state index in [-0.39, 0.29) is 34.7 Å². The first-order valence-electron chi connectivity index (χ1n) is 13.3. The fourth-order valence-corrected chi connectivity index (χ4v) is 8.37. The van der Waals surface area contributed by atoms with Crippen molar-refractivity contribution in [3.63, 3.8) is 0 Å². The molecule has 0 aromatic rings. The minimum atomic E-state index is -0.840. The monoisotopic (exact) mass is 502 g/mol. The summed E-state index contributed by atoms with van der Waals surface area (Å²) in [4.78, 5) is 36.1. The van der Waals surface area contributed by atoms with Crippen molar-refractivity contribution in [2.24, 2.45) is 22.7 Å². The van der Waals surface area contributed by atoms with Crippen molar-refractivity contribution in [2.45, 2.75) is 117 Å². The van der Waals surface area contributed by atoms with E-state index in [1.54, 1.807) is 13.0 Å². The first-order chi connectivity index (χ1) is 16.6. The molecule has 7 nitrogen and oxygen atoms in total. The summed E-state index contributed by atoms with van der Waals surface area (Å²) >= 11 is 0. The number of rotatable bonds is 4. The van der Waals surface area contributed by atoms with Crippen molar-refractivity contribution < 1.29 is 33.3 Å². The predicted octanol–water partition coefficient (Wildman–Crippen LogP) is 5.42. The van der Waals surface area contributed by atoms with E-state index in [0.717, 1.165) is 25.7 Å². The Kier molecular flexibility index (Phi) is 6.72. The molecule has 3 fully saturated rings. The molecule has 0 aromatic heterocycles. The van der Waals surface area contributed by atoms with Crippen LogP contribution in [0.4, 0.5) is 0 Å². The number of cyclic esters (lactones) is 1. The summed E-state index contributed by atoms with van der Waals surface area (Å²) in [5.74, 6) is -0.223. The predicted molar refractivity (Wildman–Crippen MR) is 134 cm³/mol. The van der Waals surface area contributed by atoms with Gasteiger partial charge in [0.25, 0.3) is 0 Å². The molecule has 2 aliphatic heterocycles. The molecule has 0 spiro atoms. The molecule has 0 aromatic carbocycles. The number of ether oxygens (including phenoxy) is 4. The number of esters is 3. The van der Waals surface area contributed by atoms with Gasteiger partial charge in [-0.15, -0.1) is 0 Å². The number of hydrogen-bond donors (Lipinski definition) is 0. The molecule has 0 radical (unpaired) electrons. The lowest BCUT2D eigenvalue weighted by Gasteiger charge is -2.67. The summed E-state index contributed by atoms with van der Waals surface area (Å²) in [7, 11) is 0. The molecule has 2 saturated carbocycles. The van der Waals surface area contributed by atoms with Gasteiger partial charge in [0.15, 0.2) is 6.10 Å². The van der Waals surface area contributed by atoms with E-state index in [4.69, 9.17) is 18.9 Å². The quantitative estimate of drug-likeness (QED) is 0.375. The SMILES string of the molecule is CC(=O)OC1CC2(C)OC(C)(C(C=C3OC(=O)C=C3C)OC(C)=O)CCC2C2(C)CCCC(C)(C)C12. The van der Waals surface area contributed by atoms with Gasteiger partial charge in [0.05, 0.1) is 5.60 Å². The molecule has 7 atom stereocenters. The van der Waals surface area contributed by atoms with Gasteiger partial charge in [0.2, 0.25) is 0 Å². The van der Waals surface area contributed by atoms with E-state index in [1.165, 1.54) is 19.9 Å². The topological polar surface area (TPSA) is 88.1 Å². The van der Waals surface area contributed by atoms with E-state index >= 15 is 0 Å². The van der Waals surface area contributed by atoms with Crippen molar-refractivity contribution in [3.05, 3.63) is 23.5 Å². The van der Waals surface area contributed by atoms with Gasteiger partial charge in [-0.05, 0) is 68.8 Å². The van der Waals surface area contributed by atoms with Crippen LogP contribution in [-0.4, -0.2) is 41.3 Å². The van der Waals surface area contributed by atoms with E-state index < -0.39 is 29.2 Å². The summed E-state index contributed by atoms with van der Waals surface area (Å²) in [5, 5.41) is 0. The molecule has 0 N–H and O–H groups in total. The van der Waals surface area contributed by atoms with Crippen molar-refractivity contribution in [1.82, 2.24) is 0 Å². The van der Waals surface area contributed by atoms with Gasteiger partial charge < -0.3 is 18.9 Å². The lowest BCUT2D eigenvalue weighted by Crippen LogP contribution is -2.68. The van der Waals surface area contributed by atoms with Gasteiger partial charge in [-0.1, -0.05) is 27.2 Å². The Balaban J connectivity index is 1.71. The van der Waals surface area contributed by atoms with Crippen LogP contribution in [0.3, 0.4) is 0 Å². The first kappa shape index (κ1) is 26.9. The third kappa shape index (κ3) is 4.64. The highest BCUT2D eigenvalue weighted by atomic mass is 16.6. The molecule has 4 rings (SSSR count). The Morgan fingerprint density at radius 2 is 1.78 bits per heavy atom. The molecule has 36 heavy (non-hydrogen) atoms. The molecule has 2 heterocycles. The second kappa shape index (κ2) is 9.00. The molecule has 7 unspecified atom stereocenters. The van der Waals surface area contributed by atoms with Gasteiger partial charge in [0, 0.05) is 38.3 Å². The summed E-state index contributed by atoms with van der Waals surface area (Å²) in [6.07, 6.45) is 7.62. The van der Waals surface area contributed by atoms with Crippen LogP contribution in [0.25, 0.3) is 0 Å². The lowest BCUT2D eigenvalue weighted by molar-refractivity contribution is -0.301. The van der Waals surface area contributed by atoms with Crippen LogP contribution in [0.2, 0.25) is 0 Å². The standard InChI is InChI=1S/C29H42O7/c1-17-14-24(32)35-20(17)15-23(34-19(3)31)28(7)13-10-22-27(6)12-9-11-26(4,5)25(27)21(33-18(2)30)16-29(22,8)36-28/h14-15,21-23,25H,9-13,16H2,1-8H3. The van der Waals surface area contributed by atoms with Crippen LogP contribution in [0.15, 0.2) is 23.5 Å². The lowest BCUT2D eigenvalue weighted by atomic mass is 9.43. The zero-order valence-corrected chi connectivity index (χ0v) is 23.1. The molecular weight excluding hydrogens is 460 g/mol. The summed E-state index contributed by atoms with van der Waals surface area (Å²) in [5.41, 5.74) is -0.733. The van der Waals surface area contributed by atoms with Crippen LogP contribution in [0, 0.1) is 22.7 Å². The zero-order chi connectivity index (χ0) is 26.7. The maximum Gasteiger partial charge on any atom is 0.336 e. The number of hydrogen-bond acceptors (Lipinski definition) is 7. The van der Waals surface area contributed by atoms with Crippen molar-refractivity contribution in [3.8, 4) is 0 Å². The van der Waals surface area contributed by atoms with Crippen LogP contribution in [0.1, 0.15) is 93.9 Å². The van der Waals surface area contributed by atoms with Gasteiger partial charge in [-0.2, -0.15) is 0 Å². The summed E-state index contributed by atoms with van der Waals surface area (Å²) in [6.45, 7) is 15.7. The third-order valence-corrected chi connectivity index (χ3v) is 9.44. The second-order valence-corrected chi connectivity index (χ2v) is 12.8. The zero-order valence-electron chi connectivity index (χ0n) is 23.1. The van der Waals surface area contributed by atoms with Crippen LogP contribution >= 0.6 is 0 Å². The Morgan fingerprint density at radius 1 is 1.08 bits per heavy atom. The molecule has 1 saturated heterocycles. The second-order valence-electron chi connectivity index (χ2n) is 12.8. The maximum absolute atomic E-state index is 12.2. The Hall–Kier alpha value is -2.15. The number of allylic oxidation sites excluding steroid dienone is 1. The molecule has 0 bridgehead atoms. The van der Waals surface area contributed by atoms with E-state index in [9.17, 15) is 14.4 Å².